The summed E-state index contributed by atoms with van der Waals surface area (Å²) in [5.41, 5.74) is 5.54. The van der Waals surface area contributed by atoms with Crippen LogP contribution in [0.1, 0.15) is 39.5 Å². The lowest BCUT2D eigenvalue weighted by Gasteiger charge is -2.46. The van der Waals surface area contributed by atoms with Gasteiger partial charge in [-0.15, -0.1) is 0 Å². The fourth-order valence-corrected chi connectivity index (χ4v) is 4.17. The van der Waals surface area contributed by atoms with Crippen molar-refractivity contribution in [2.75, 3.05) is 19.7 Å². The number of benzene rings is 1. The molecule has 2 N–H and O–H groups in total. The van der Waals surface area contributed by atoms with E-state index in [-0.39, 0.29) is 42.2 Å². The molecule has 160 valence electrons. The predicted octanol–water partition coefficient (Wildman–Crippen LogP) is 2.64. The maximum atomic E-state index is 13.8. The molecule has 0 aromatic heterocycles. The number of piperidine rings is 1. The minimum absolute atomic E-state index is 0.0407. The highest BCUT2D eigenvalue weighted by atomic mass is 19.1. The highest BCUT2D eigenvalue weighted by Crippen LogP contribution is 2.38. The first-order valence-corrected chi connectivity index (χ1v) is 9.99. The number of nitrogens with zero attached hydrogens (tertiary/aromatic N) is 1. The zero-order valence-electron chi connectivity index (χ0n) is 16.8. The molecule has 0 spiro atoms. The third kappa shape index (κ3) is 5.23. The van der Waals surface area contributed by atoms with E-state index < -0.39 is 17.2 Å². The van der Waals surface area contributed by atoms with E-state index in [1.807, 2.05) is 11.8 Å². The number of halogens is 2. The Balaban J connectivity index is 1.44. The van der Waals surface area contributed by atoms with Gasteiger partial charge in [0, 0.05) is 32.0 Å². The highest BCUT2D eigenvalue weighted by molar-refractivity contribution is 5.80. The highest BCUT2D eigenvalue weighted by Gasteiger charge is 2.47. The zero-order chi connectivity index (χ0) is 21.2. The number of carbonyl (C=O) groups excluding carboxylic acids is 2. The second-order valence-corrected chi connectivity index (χ2v) is 8.31. The summed E-state index contributed by atoms with van der Waals surface area (Å²) >= 11 is 0. The number of likely N-dealkylation sites (tertiary alicyclic amines) is 1. The van der Waals surface area contributed by atoms with Crippen LogP contribution in [-0.4, -0.2) is 48.1 Å². The van der Waals surface area contributed by atoms with Gasteiger partial charge in [0.25, 0.3) is 0 Å². The Morgan fingerprint density at radius 1 is 1.28 bits per heavy atom. The van der Waals surface area contributed by atoms with Crippen molar-refractivity contribution in [2.45, 2.75) is 51.2 Å². The number of esters is 1. The summed E-state index contributed by atoms with van der Waals surface area (Å²) in [6.07, 6.45) is 2.30. The molecule has 1 aromatic rings. The molecule has 8 heteroatoms. The van der Waals surface area contributed by atoms with Crippen molar-refractivity contribution in [3.05, 3.63) is 29.8 Å². The average molecular weight is 410 g/mol. The van der Waals surface area contributed by atoms with Crippen LogP contribution in [0.25, 0.3) is 0 Å². The van der Waals surface area contributed by atoms with E-state index in [0.29, 0.717) is 25.9 Å². The number of rotatable bonds is 6. The van der Waals surface area contributed by atoms with Crippen LogP contribution in [0.3, 0.4) is 0 Å². The van der Waals surface area contributed by atoms with E-state index in [4.69, 9.17) is 15.2 Å². The van der Waals surface area contributed by atoms with Gasteiger partial charge in [0.2, 0.25) is 5.91 Å². The summed E-state index contributed by atoms with van der Waals surface area (Å²) in [7, 11) is 0. The summed E-state index contributed by atoms with van der Waals surface area (Å²) in [5.74, 6) is -1.54. The van der Waals surface area contributed by atoms with Gasteiger partial charge in [0.05, 0.1) is 11.6 Å². The second kappa shape index (κ2) is 8.65. The molecule has 0 radical (unpaired) electrons. The molecule has 1 aromatic carbocycles. The fourth-order valence-electron chi connectivity index (χ4n) is 4.17. The lowest BCUT2D eigenvalue weighted by atomic mass is 9.68. The SMILES string of the molecule is CC(=O)OCC1(N)CC(C(=O)N2CCC(C(C)Oc3ccc(F)cc3F)CC2)C1. The van der Waals surface area contributed by atoms with Gasteiger partial charge >= 0.3 is 5.97 Å². The number of amides is 1. The molecule has 6 nitrogen and oxygen atoms in total. The molecule has 3 rings (SSSR count). The fraction of sp³-hybridized carbons (Fsp3) is 0.619. The first kappa shape index (κ1) is 21.5. The molecular weight excluding hydrogens is 382 g/mol. The maximum absolute atomic E-state index is 13.8. The zero-order valence-corrected chi connectivity index (χ0v) is 16.8. The molecular formula is C21H28F2N2O4. The quantitative estimate of drug-likeness (QED) is 0.729. The Kier molecular flexibility index (Phi) is 6.41. The third-order valence-electron chi connectivity index (χ3n) is 5.94. The normalized spacial score (nSPS) is 25.8. The molecule has 1 amide bonds. The summed E-state index contributed by atoms with van der Waals surface area (Å²) in [5, 5.41) is 0. The van der Waals surface area contributed by atoms with Crippen LogP contribution in [0.15, 0.2) is 18.2 Å². The lowest BCUT2D eigenvalue weighted by molar-refractivity contribution is -0.149. The van der Waals surface area contributed by atoms with Crippen molar-refractivity contribution >= 4 is 11.9 Å². The van der Waals surface area contributed by atoms with E-state index in [1.54, 1.807) is 0 Å². The molecule has 0 bridgehead atoms. The topological polar surface area (TPSA) is 81.9 Å². The monoisotopic (exact) mass is 410 g/mol. The van der Waals surface area contributed by atoms with Crippen molar-refractivity contribution in [3.63, 3.8) is 0 Å². The van der Waals surface area contributed by atoms with Gasteiger partial charge < -0.3 is 20.1 Å². The van der Waals surface area contributed by atoms with Crippen LogP contribution in [0, 0.1) is 23.5 Å². The van der Waals surface area contributed by atoms with Crippen molar-refractivity contribution in [2.24, 2.45) is 17.6 Å². The van der Waals surface area contributed by atoms with Crippen LogP contribution < -0.4 is 10.5 Å². The number of carbonyl (C=O) groups is 2. The van der Waals surface area contributed by atoms with Crippen LogP contribution >= 0.6 is 0 Å². The molecule has 1 atom stereocenters. The predicted molar refractivity (Wildman–Crippen MR) is 102 cm³/mol. The number of hydrogen-bond acceptors (Lipinski definition) is 5. The maximum Gasteiger partial charge on any atom is 0.302 e. The van der Waals surface area contributed by atoms with Crippen LogP contribution in [-0.2, 0) is 14.3 Å². The van der Waals surface area contributed by atoms with E-state index in [9.17, 15) is 18.4 Å². The number of hydrogen-bond donors (Lipinski definition) is 1. The summed E-state index contributed by atoms with van der Waals surface area (Å²) in [6.45, 7) is 4.57. The van der Waals surface area contributed by atoms with Gasteiger partial charge in [0.15, 0.2) is 11.6 Å². The lowest BCUT2D eigenvalue weighted by Crippen LogP contribution is -2.60. The molecule has 2 aliphatic rings. The Morgan fingerprint density at radius 2 is 1.93 bits per heavy atom. The summed E-state index contributed by atoms with van der Waals surface area (Å²) < 4.78 is 37.5. The van der Waals surface area contributed by atoms with Crippen LogP contribution in [0.4, 0.5) is 8.78 Å². The minimum atomic E-state index is -0.714. The average Bonchev–Trinajstić information content (AvgIpc) is 2.66. The van der Waals surface area contributed by atoms with E-state index in [2.05, 4.69) is 0 Å². The molecule has 1 saturated carbocycles. The van der Waals surface area contributed by atoms with Crippen molar-refractivity contribution in [1.29, 1.82) is 0 Å². The third-order valence-corrected chi connectivity index (χ3v) is 5.94. The van der Waals surface area contributed by atoms with Crippen LogP contribution in [0.5, 0.6) is 5.75 Å². The van der Waals surface area contributed by atoms with E-state index >= 15 is 0 Å². The first-order chi connectivity index (χ1) is 13.7. The molecule has 2 fully saturated rings. The smallest absolute Gasteiger partial charge is 0.302 e. The van der Waals surface area contributed by atoms with Gasteiger partial charge in [-0.3, -0.25) is 9.59 Å². The first-order valence-electron chi connectivity index (χ1n) is 9.99. The molecule has 1 aliphatic carbocycles. The standard InChI is InChI=1S/C21H28F2N2O4/c1-13(29-19-4-3-17(22)9-18(19)23)15-5-7-25(8-6-15)20(27)16-10-21(24,11-16)12-28-14(2)26/h3-4,9,13,15-16H,5-8,10-12,24H2,1-2H3. The van der Waals surface area contributed by atoms with Gasteiger partial charge in [-0.1, -0.05) is 0 Å². The Morgan fingerprint density at radius 3 is 2.52 bits per heavy atom. The molecule has 1 saturated heterocycles. The molecule has 1 unspecified atom stereocenters. The Labute approximate surface area is 169 Å². The summed E-state index contributed by atoms with van der Waals surface area (Å²) in [4.78, 5) is 25.5. The largest absolute Gasteiger partial charge is 0.487 e. The summed E-state index contributed by atoms with van der Waals surface area (Å²) in [6, 6.07) is 3.27. The molecule has 1 heterocycles. The minimum Gasteiger partial charge on any atom is -0.487 e. The number of ether oxygens (including phenoxy) is 2. The van der Waals surface area contributed by atoms with E-state index in [1.165, 1.54) is 19.1 Å². The Hall–Kier alpha value is -2.22. The van der Waals surface area contributed by atoms with E-state index in [0.717, 1.165) is 18.9 Å². The van der Waals surface area contributed by atoms with Gasteiger partial charge in [0.1, 0.15) is 12.4 Å². The second-order valence-electron chi connectivity index (χ2n) is 8.31. The van der Waals surface area contributed by atoms with Gasteiger partial charge in [-0.25, -0.2) is 8.78 Å². The number of nitrogens with two attached hydrogens (primary N) is 1. The van der Waals surface area contributed by atoms with Gasteiger partial charge in [-0.2, -0.15) is 0 Å². The molecule has 29 heavy (non-hydrogen) atoms. The van der Waals surface area contributed by atoms with Crippen LogP contribution in [0.2, 0.25) is 0 Å². The Bertz CT molecular complexity index is 759. The van der Waals surface area contributed by atoms with Crippen molar-refractivity contribution in [1.82, 2.24) is 4.90 Å². The van der Waals surface area contributed by atoms with Crippen molar-refractivity contribution < 1.29 is 27.8 Å². The molecule has 1 aliphatic heterocycles. The van der Waals surface area contributed by atoms with Gasteiger partial charge in [-0.05, 0) is 50.7 Å². The van der Waals surface area contributed by atoms with Crippen molar-refractivity contribution in [3.8, 4) is 5.75 Å².